The zero-order chi connectivity index (χ0) is 36.7. The minimum atomic E-state index is 0.811. The van der Waals surface area contributed by atoms with E-state index in [0.29, 0.717) is 0 Å². The van der Waals surface area contributed by atoms with Crippen LogP contribution in [0.15, 0.2) is 194 Å². The molecule has 0 spiro atoms. The zero-order valence-electron chi connectivity index (χ0n) is 30.8. The van der Waals surface area contributed by atoms with Gasteiger partial charge in [-0.25, -0.2) is 0 Å². The fourth-order valence-corrected chi connectivity index (χ4v) is 6.26. The summed E-state index contributed by atoms with van der Waals surface area (Å²) in [7, 11) is 0. The molecule has 52 heavy (non-hydrogen) atoms. The van der Waals surface area contributed by atoms with Gasteiger partial charge in [-0.15, -0.1) is 0 Å². The third-order valence-corrected chi connectivity index (χ3v) is 8.76. The molecule has 0 saturated heterocycles. The standard InChI is InChI=1S/C41H34N2.C7H8.C2H6/c1-4-12-31(13-5-2)34-21-26-40-37(28-34)38-29-35(32-16-10-7-11-17-32)22-27-41(38)43(40)36-23-19-33(20-24-36)39(42-3)25-18-30-14-8-6-9-15-30;1-7-5-3-2-4-6-7;1-2/h4-17,19-29H,1,3,18H2,2H3;2-6H,1H3;1-2H3/b13-5-,31-12+,39-25-;;. The smallest absolute Gasteiger partial charge is 0.0658 e. The summed E-state index contributed by atoms with van der Waals surface area (Å²) in [5, 5.41) is 2.43. The topological polar surface area (TPSA) is 17.3 Å². The molecule has 0 radical (unpaired) electrons. The van der Waals surface area contributed by atoms with Gasteiger partial charge in [0.1, 0.15) is 0 Å². The van der Waals surface area contributed by atoms with E-state index >= 15 is 0 Å². The van der Waals surface area contributed by atoms with Crippen LogP contribution in [0.4, 0.5) is 0 Å². The summed E-state index contributed by atoms with van der Waals surface area (Å²) in [6.07, 6.45) is 11.1. The Balaban J connectivity index is 0.000000514. The van der Waals surface area contributed by atoms with Crippen molar-refractivity contribution < 1.29 is 0 Å². The maximum atomic E-state index is 4.35. The third kappa shape index (κ3) is 8.91. The second kappa shape index (κ2) is 18.7. The van der Waals surface area contributed by atoms with Gasteiger partial charge in [0.2, 0.25) is 0 Å². The van der Waals surface area contributed by atoms with E-state index in [2.05, 4.69) is 181 Å². The van der Waals surface area contributed by atoms with Crippen molar-refractivity contribution in [2.75, 3.05) is 0 Å². The Morgan fingerprint density at radius 1 is 0.654 bits per heavy atom. The highest BCUT2D eigenvalue weighted by Crippen LogP contribution is 2.37. The number of rotatable bonds is 9. The predicted octanol–water partition coefficient (Wildman–Crippen LogP) is 13.9. The Morgan fingerprint density at radius 3 is 1.81 bits per heavy atom. The third-order valence-electron chi connectivity index (χ3n) is 8.76. The minimum Gasteiger partial charge on any atom is -0.309 e. The van der Waals surface area contributed by atoms with Crippen LogP contribution in [0, 0.1) is 6.92 Å². The van der Waals surface area contributed by atoms with E-state index < -0.39 is 0 Å². The highest BCUT2D eigenvalue weighted by Gasteiger charge is 2.15. The van der Waals surface area contributed by atoms with Crippen molar-refractivity contribution in [2.45, 2.75) is 34.1 Å². The Hall–Kier alpha value is -6.25. The Kier molecular flexibility index (Phi) is 13.3. The van der Waals surface area contributed by atoms with Crippen LogP contribution in [0.2, 0.25) is 0 Å². The molecule has 7 rings (SSSR count). The van der Waals surface area contributed by atoms with Gasteiger partial charge in [-0.1, -0.05) is 172 Å². The maximum Gasteiger partial charge on any atom is 0.0658 e. The number of allylic oxidation sites excluding steroid dienone is 6. The lowest BCUT2D eigenvalue weighted by Crippen LogP contribution is -1.95. The van der Waals surface area contributed by atoms with Gasteiger partial charge in [0.15, 0.2) is 0 Å². The van der Waals surface area contributed by atoms with Crippen molar-refractivity contribution in [1.82, 2.24) is 4.57 Å². The van der Waals surface area contributed by atoms with E-state index in [1.165, 1.54) is 38.5 Å². The molecular formula is C50H48N2. The predicted molar refractivity (Wildman–Crippen MR) is 229 cm³/mol. The van der Waals surface area contributed by atoms with Crippen LogP contribution in [-0.4, -0.2) is 11.3 Å². The molecule has 258 valence electrons. The summed E-state index contributed by atoms with van der Waals surface area (Å²) in [4.78, 5) is 4.35. The fraction of sp³-hybridized carbons (Fsp3) is 0.100. The summed E-state index contributed by atoms with van der Waals surface area (Å²) in [5.74, 6) is 0. The summed E-state index contributed by atoms with van der Waals surface area (Å²) in [6, 6.07) is 53.4. The van der Waals surface area contributed by atoms with Gasteiger partial charge in [-0.3, -0.25) is 4.99 Å². The Bertz CT molecular complexity index is 2300. The van der Waals surface area contributed by atoms with Crippen LogP contribution < -0.4 is 0 Å². The minimum absolute atomic E-state index is 0.811. The number of benzene rings is 6. The second-order valence-corrected chi connectivity index (χ2v) is 12.2. The molecule has 0 saturated carbocycles. The number of fused-ring (bicyclic) bond motifs is 3. The molecule has 6 aromatic carbocycles. The van der Waals surface area contributed by atoms with Crippen LogP contribution >= 0.6 is 0 Å². The van der Waals surface area contributed by atoms with E-state index in [4.69, 9.17) is 0 Å². The van der Waals surface area contributed by atoms with Crippen molar-refractivity contribution in [3.8, 4) is 16.8 Å². The molecule has 0 fully saturated rings. The lowest BCUT2D eigenvalue weighted by Gasteiger charge is -2.10. The van der Waals surface area contributed by atoms with E-state index in [9.17, 15) is 0 Å². The van der Waals surface area contributed by atoms with Crippen LogP contribution in [0.25, 0.3) is 49.9 Å². The molecule has 2 heteroatoms. The van der Waals surface area contributed by atoms with E-state index in [1.807, 2.05) is 51.1 Å². The quantitative estimate of drug-likeness (QED) is 0.107. The van der Waals surface area contributed by atoms with E-state index in [-0.39, 0.29) is 0 Å². The largest absolute Gasteiger partial charge is 0.309 e. The number of aromatic nitrogens is 1. The SMILES string of the molecule is C=C/C=C(\C=C/C)c1ccc2c(c1)c1cc(-c3ccccc3)ccc1n2-c1ccc(/C(=C/Cc2ccccc2)N=C)cc1.CC.Cc1ccccc1. The first-order valence-corrected chi connectivity index (χ1v) is 18.0. The van der Waals surface area contributed by atoms with Crippen molar-refractivity contribution in [2.24, 2.45) is 4.99 Å². The molecule has 0 unspecified atom stereocenters. The van der Waals surface area contributed by atoms with Gasteiger partial charge < -0.3 is 4.57 Å². The molecule has 7 aromatic rings. The monoisotopic (exact) mass is 676 g/mol. The van der Waals surface area contributed by atoms with Gasteiger partial charge in [0.25, 0.3) is 0 Å². The second-order valence-electron chi connectivity index (χ2n) is 12.2. The van der Waals surface area contributed by atoms with Crippen molar-refractivity contribution in [3.63, 3.8) is 0 Å². The Labute approximate surface area is 310 Å². The molecule has 0 atom stereocenters. The lowest BCUT2D eigenvalue weighted by molar-refractivity contribution is 1.18. The first-order chi connectivity index (χ1) is 25.6. The first kappa shape index (κ1) is 37.0. The maximum absolute atomic E-state index is 4.35. The zero-order valence-corrected chi connectivity index (χ0v) is 30.8. The normalized spacial score (nSPS) is 11.5. The average Bonchev–Trinajstić information content (AvgIpc) is 3.53. The van der Waals surface area contributed by atoms with Crippen molar-refractivity contribution >= 4 is 39.8 Å². The molecule has 0 aliphatic carbocycles. The average molecular weight is 677 g/mol. The highest BCUT2D eigenvalue weighted by molar-refractivity contribution is 6.11. The van der Waals surface area contributed by atoms with Gasteiger partial charge in [-0.2, -0.15) is 0 Å². The van der Waals surface area contributed by atoms with Gasteiger partial charge in [0, 0.05) is 16.5 Å². The Morgan fingerprint density at radius 2 is 1.23 bits per heavy atom. The number of hydrogen-bond acceptors (Lipinski definition) is 1. The number of aliphatic imine (C=N–C) groups is 1. The molecule has 1 aromatic heterocycles. The number of hydrogen-bond donors (Lipinski definition) is 0. The number of aryl methyl sites for hydroxylation is 1. The molecule has 0 N–H and O–H groups in total. The molecule has 0 bridgehead atoms. The van der Waals surface area contributed by atoms with Crippen LogP contribution in [-0.2, 0) is 6.42 Å². The molecule has 0 aliphatic heterocycles. The van der Waals surface area contributed by atoms with Gasteiger partial charge >= 0.3 is 0 Å². The van der Waals surface area contributed by atoms with E-state index in [1.54, 1.807) is 0 Å². The summed E-state index contributed by atoms with van der Waals surface area (Å²) < 4.78 is 2.36. The van der Waals surface area contributed by atoms with Crippen molar-refractivity contribution in [1.29, 1.82) is 0 Å². The van der Waals surface area contributed by atoms with Crippen LogP contribution in [0.5, 0.6) is 0 Å². The highest BCUT2D eigenvalue weighted by atomic mass is 15.0. The molecule has 2 nitrogen and oxygen atoms in total. The fourth-order valence-electron chi connectivity index (χ4n) is 6.26. The van der Waals surface area contributed by atoms with Gasteiger partial charge in [0.05, 0.1) is 16.7 Å². The lowest BCUT2D eigenvalue weighted by atomic mass is 10.00. The van der Waals surface area contributed by atoms with Crippen LogP contribution in [0.3, 0.4) is 0 Å². The van der Waals surface area contributed by atoms with Gasteiger partial charge in [-0.05, 0) is 96.8 Å². The van der Waals surface area contributed by atoms with E-state index in [0.717, 1.165) is 40.0 Å². The number of nitrogens with zero attached hydrogens (tertiary/aromatic N) is 2. The first-order valence-electron chi connectivity index (χ1n) is 18.0. The molecule has 0 amide bonds. The summed E-state index contributed by atoms with van der Waals surface area (Å²) in [5.41, 5.74) is 12.7. The van der Waals surface area contributed by atoms with Crippen molar-refractivity contribution in [3.05, 3.63) is 211 Å². The molecule has 0 aliphatic rings. The summed E-state index contributed by atoms with van der Waals surface area (Å²) >= 11 is 0. The van der Waals surface area contributed by atoms with Crippen LogP contribution in [0.1, 0.15) is 43.0 Å². The molecular weight excluding hydrogens is 629 g/mol. The molecule has 1 heterocycles. The summed E-state index contributed by atoms with van der Waals surface area (Å²) in [6.45, 7) is 15.9.